The van der Waals surface area contributed by atoms with Gasteiger partial charge in [0, 0.05) is 12.0 Å². The lowest BCUT2D eigenvalue weighted by Crippen LogP contribution is -2.35. The van der Waals surface area contributed by atoms with Gasteiger partial charge in [0.2, 0.25) is 0 Å². The summed E-state index contributed by atoms with van der Waals surface area (Å²) in [5.74, 6) is 2.90. The zero-order chi connectivity index (χ0) is 8.60. The zero-order valence-corrected chi connectivity index (χ0v) is 8.15. The Kier molecular flexibility index (Phi) is 2.36. The highest BCUT2D eigenvalue weighted by Crippen LogP contribution is 2.51. The molecule has 0 aromatic carbocycles. The molecular formula is C9H17NOS. The van der Waals surface area contributed by atoms with Gasteiger partial charge in [0.15, 0.2) is 0 Å². The summed E-state index contributed by atoms with van der Waals surface area (Å²) < 4.78 is 0. The molecule has 0 amide bonds. The molecule has 1 aliphatic carbocycles. The molecule has 2 fully saturated rings. The molecule has 3 N–H and O–H groups in total. The molecule has 70 valence electrons. The van der Waals surface area contributed by atoms with E-state index < -0.39 is 0 Å². The van der Waals surface area contributed by atoms with Crippen molar-refractivity contribution in [3.05, 3.63) is 0 Å². The first-order valence-electron chi connectivity index (χ1n) is 4.74. The Bertz CT molecular complexity index is 164. The van der Waals surface area contributed by atoms with E-state index in [1.807, 2.05) is 11.8 Å². The predicted molar refractivity (Wildman–Crippen MR) is 52.2 cm³/mol. The van der Waals surface area contributed by atoms with Gasteiger partial charge in [-0.05, 0) is 36.7 Å². The lowest BCUT2D eigenvalue weighted by molar-refractivity contribution is 0.0505. The Morgan fingerprint density at radius 1 is 1.58 bits per heavy atom. The molecule has 2 nitrogen and oxygen atoms in total. The largest absolute Gasteiger partial charge is 0.392 e. The quantitative estimate of drug-likeness (QED) is 0.688. The van der Waals surface area contributed by atoms with Crippen LogP contribution in [0.2, 0.25) is 0 Å². The Morgan fingerprint density at radius 2 is 2.33 bits per heavy atom. The van der Waals surface area contributed by atoms with Gasteiger partial charge in [-0.1, -0.05) is 0 Å². The molecule has 12 heavy (non-hydrogen) atoms. The summed E-state index contributed by atoms with van der Waals surface area (Å²) in [6.07, 6.45) is 3.36. The minimum absolute atomic E-state index is 0.113. The number of rotatable bonds is 3. The molecule has 2 rings (SSSR count). The Morgan fingerprint density at radius 3 is 2.75 bits per heavy atom. The first kappa shape index (κ1) is 8.85. The van der Waals surface area contributed by atoms with E-state index in [2.05, 4.69) is 0 Å². The van der Waals surface area contributed by atoms with Gasteiger partial charge in [0.1, 0.15) is 0 Å². The van der Waals surface area contributed by atoms with Crippen LogP contribution in [0.25, 0.3) is 0 Å². The molecule has 0 bridgehead atoms. The third-order valence-corrected chi connectivity index (χ3v) is 4.53. The van der Waals surface area contributed by atoms with Crippen molar-refractivity contribution in [2.45, 2.75) is 25.4 Å². The second-order valence-electron chi connectivity index (χ2n) is 4.14. The van der Waals surface area contributed by atoms with Crippen LogP contribution in [0, 0.1) is 11.3 Å². The van der Waals surface area contributed by atoms with E-state index in [4.69, 9.17) is 5.73 Å². The van der Waals surface area contributed by atoms with Crippen LogP contribution in [0.5, 0.6) is 0 Å². The van der Waals surface area contributed by atoms with Crippen molar-refractivity contribution >= 4 is 11.8 Å². The highest BCUT2D eigenvalue weighted by atomic mass is 32.2. The molecule has 1 aliphatic heterocycles. The second-order valence-corrected chi connectivity index (χ2v) is 5.28. The summed E-state index contributed by atoms with van der Waals surface area (Å²) >= 11 is 1.96. The van der Waals surface area contributed by atoms with Gasteiger partial charge in [-0.2, -0.15) is 11.8 Å². The van der Waals surface area contributed by atoms with Crippen LogP contribution < -0.4 is 5.73 Å². The summed E-state index contributed by atoms with van der Waals surface area (Å²) in [5.41, 5.74) is 5.81. The topological polar surface area (TPSA) is 46.2 Å². The van der Waals surface area contributed by atoms with Gasteiger partial charge in [-0.25, -0.2) is 0 Å². The molecule has 3 heteroatoms. The smallest absolute Gasteiger partial charge is 0.0644 e. The molecule has 0 aromatic heterocycles. The maximum atomic E-state index is 10.0. The first-order chi connectivity index (χ1) is 5.78. The highest BCUT2D eigenvalue weighted by molar-refractivity contribution is 7.99. The first-order valence-corrected chi connectivity index (χ1v) is 5.90. The third kappa shape index (κ3) is 1.38. The summed E-state index contributed by atoms with van der Waals surface area (Å²) in [6, 6.07) is 0. The summed E-state index contributed by atoms with van der Waals surface area (Å²) in [7, 11) is 0. The van der Waals surface area contributed by atoms with Crippen molar-refractivity contribution in [3.8, 4) is 0 Å². The van der Waals surface area contributed by atoms with E-state index in [-0.39, 0.29) is 11.5 Å². The van der Waals surface area contributed by atoms with E-state index in [0.717, 1.165) is 18.6 Å². The number of aliphatic hydroxyl groups excluding tert-OH is 1. The second kappa shape index (κ2) is 3.20. The van der Waals surface area contributed by atoms with E-state index in [1.165, 1.54) is 12.2 Å². The Hall–Kier alpha value is 0.270. The molecule has 0 spiro atoms. The van der Waals surface area contributed by atoms with Crippen LogP contribution in [0.15, 0.2) is 0 Å². The fraction of sp³-hybridized carbons (Fsp3) is 1.00. The fourth-order valence-corrected chi connectivity index (χ4v) is 3.37. The van der Waals surface area contributed by atoms with Crippen molar-refractivity contribution in [2.24, 2.45) is 17.1 Å². The number of hydrogen-bond donors (Lipinski definition) is 2. The van der Waals surface area contributed by atoms with E-state index in [1.54, 1.807) is 0 Å². The van der Waals surface area contributed by atoms with E-state index >= 15 is 0 Å². The van der Waals surface area contributed by atoms with E-state index in [0.29, 0.717) is 12.5 Å². The standard InChI is InChI=1S/C9H17NOS/c10-6-9(2-3-9)8(11)7-1-4-12-5-7/h7-8,11H,1-6,10H2. The molecule has 1 heterocycles. The molecular weight excluding hydrogens is 170 g/mol. The van der Waals surface area contributed by atoms with Crippen molar-refractivity contribution in [3.63, 3.8) is 0 Å². The van der Waals surface area contributed by atoms with Crippen LogP contribution in [-0.2, 0) is 0 Å². The lowest BCUT2D eigenvalue weighted by Gasteiger charge is -2.25. The minimum Gasteiger partial charge on any atom is -0.392 e. The van der Waals surface area contributed by atoms with Crippen LogP contribution in [0.3, 0.4) is 0 Å². The van der Waals surface area contributed by atoms with Crippen molar-refractivity contribution < 1.29 is 5.11 Å². The number of nitrogens with two attached hydrogens (primary N) is 1. The van der Waals surface area contributed by atoms with Gasteiger partial charge < -0.3 is 10.8 Å². The average molecular weight is 187 g/mol. The molecule has 2 aliphatic rings. The lowest BCUT2D eigenvalue weighted by atomic mass is 9.88. The maximum absolute atomic E-state index is 10.0. The SMILES string of the molecule is NCC1(C(O)C2CCSC2)CC1. The monoisotopic (exact) mass is 187 g/mol. The predicted octanol–water partition coefficient (Wildman–Crippen LogP) is 0.839. The fourth-order valence-electron chi connectivity index (χ4n) is 2.08. The van der Waals surface area contributed by atoms with Crippen molar-refractivity contribution in [1.29, 1.82) is 0 Å². The Balaban J connectivity index is 1.94. The third-order valence-electron chi connectivity index (χ3n) is 3.34. The molecule has 0 radical (unpaired) electrons. The molecule has 0 aromatic rings. The summed E-state index contributed by atoms with van der Waals surface area (Å²) in [4.78, 5) is 0. The van der Waals surface area contributed by atoms with Gasteiger partial charge >= 0.3 is 0 Å². The van der Waals surface area contributed by atoms with Gasteiger partial charge in [0.05, 0.1) is 6.10 Å². The molecule has 2 unspecified atom stereocenters. The zero-order valence-electron chi connectivity index (χ0n) is 7.33. The maximum Gasteiger partial charge on any atom is 0.0644 e. The number of thioether (sulfide) groups is 1. The number of aliphatic hydroxyl groups is 1. The number of hydrogen-bond acceptors (Lipinski definition) is 3. The highest BCUT2D eigenvalue weighted by Gasteiger charge is 2.50. The molecule has 1 saturated heterocycles. The van der Waals surface area contributed by atoms with E-state index in [9.17, 15) is 5.11 Å². The summed E-state index contributed by atoms with van der Waals surface area (Å²) in [5, 5.41) is 10.0. The van der Waals surface area contributed by atoms with Crippen LogP contribution in [0.4, 0.5) is 0 Å². The normalized spacial score (nSPS) is 35.0. The molecule has 1 saturated carbocycles. The average Bonchev–Trinajstić information content (AvgIpc) is 2.71. The Labute approximate surface area is 77.9 Å². The molecule has 2 atom stereocenters. The van der Waals surface area contributed by atoms with Crippen LogP contribution >= 0.6 is 11.8 Å². The van der Waals surface area contributed by atoms with Crippen LogP contribution in [-0.4, -0.2) is 29.3 Å². The minimum atomic E-state index is -0.113. The van der Waals surface area contributed by atoms with Crippen molar-refractivity contribution in [1.82, 2.24) is 0 Å². The van der Waals surface area contributed by atoms with Gasteiger partial charge in [-0.15, -0.1) is 0 Å². The van der Waals surface area contributed by atoms with Gasteiger partial charge in [-0.3, -0.25) is 0 Å². The van der Waals surface area contributed by atoms with Crippen LogP contribution in [0.1, 0.15) is 19.3 Å². The van der Waals surface area contributed by atoms with Gasteiger partial charge in [0.25, 0.3) is 0 Å². The summed E-state index contributed by atoms with van der Waals surface area (Å²) in [6.45, 7) is 0.676. The van der Waals surface area contributed by atoms with Crippen molar-refractivity contribution in [2.75, 3.05) is 18.1 Å².